The molecule has 0 spiro atoms. The first kappa shape index (κ1) is 36.1. The third-order valence-corrected chi connectivity index (χ3v) is 10.2. The molecule has 0 radical (unpaired) electrons. The molecule has 0 aliphatic heterocycles. The number of rotatable bonds is 11. The molecule has 0 atom stereocenters. The standard InChI is InChI=1S/C46H40N6O4/c1-5-51(6-2)36-17-15-32-21-38(45(53)55-42(32)23-36)29-11-9-13-31(19-29)40-27-48-41(28-47-40)35-25-49-44(50-26-35)34-14-10-12-30(20-34)39-22-33-16-18-37(52(7-3)8-4)24-43(33)56-46(39)54/h9-28H,5-8H2,1-4H3. The monoisotopic (exact) mass is 740 g/mol. The molecule has 0 N–H and O–H groups in total. The second-order valence-electron chi connectivity index (χ2n) is 13.4. The fourth-order valence-electron chi connectivity index (χ4n) is 7.08. The van der Waals surface area contributed by atoms with Crippen LogP contribution in [-0.4, -0.2) is 46.1 Å². The van der Waals surface area contributed by atoms with E-state index in [2.05, 4.69) is 69.6 Å². The van der Waals surface area contributed by atoms with Crippen molar-refractivity contribution in [3.05, 3.63) is 143 Å². The molecule has 0 aliphatic rings. The van der Waals surface area contributed by atoms with Crippen LogP contribution in [0.1, 0.15) is 27.7 Å². The number of nitrogens with zero attached hydrogens (tertiary/aromatic N) is 6. The number of anilines is 2. The highest BCUT2D eigenvalue weighted by Crippen LogP contribution is 2.30. The Balaban J connectivity index is 1.00. The first-order valence-electron chi connectivity index (χ1n) is 18.9. The van der Waals surface area contributed by atoms with Gasteiger partial charge in [-0.1, -0.05) is 36.4 Å². The van der Waals surface area contributed by atoms with Gasteiger partial charge in [0.2, 0.25) is 0 Å². The van der Waals surface area contributed by atoms with E-state index in [4.69, 9.17) is 8.83 Å². The van der Waals surface area contributed by atoms with Gasteiger partial charge in [0.05, 0.1) is 34.9 Å². The number of aromatic nitrogens is 4. The summed E-state index contributed by atoms with van der Waals surface area (Å²) in [5, 5.41) is 1.71. The maximum Gasteiger partial charge on any atom is 0.344 e. The van der Waals surface area contributed by atoms with Crippen LogP contribution in [0.3, 0.4) is 0 Å². The molecule has 10 nitrogen and oxygen atoms in total. The fraction of sp³-hybridized carbons (Fsp3) is 0.174. The lowest BCUT2D eigenvalue weighted by atomic mass is 10.0. The van der Waals surface area contributed by atoms with Gasteiger partial charge in [0.15, 0.2) is 5.82 Å². The largest absolute Gasteiger partial charge is 0.422 e. The Hall–Kier alpha value is -6.94. The van der Waals surface area contributed by atoms with E-state index in [1.807, 2.05) is 84.9 Å². The summed E-state index contributed by atoms with van der Waals surface area (Å²) in [5.74, 6) is 0.508. The van der Waals surface area contributed by atoms with Crippen molar-refractivity contribution in [2.24, 2.45) is 0 Å². The number of fused-ring (bicyclic) bond motifs is 2. The van der Waals surface area contributed by atoms with Crippen LogP contribution < -0.4 is 21.1 Å². The van der Waals surface area contributed by atoms with Crippen LogP contribution in [0.25, 0.3) is 78.1 Å². The van der Waals surface area contributed by atoms with Gasteiger partial charge >= 0.3 is 11.3 Å². The van der Waals surface area contributed by atoms with Crippen LogP contribution in [0.5, 0.6) is 0 Å². The third kappa shape index (κ3) is 7.04. The van der Waals surface area contributed by atoms with E-state index in [0.717, 1.165) is 70.6 Å². The summed E-state index contributed by atoms with van der Waals surface area (Å²) < 4.78 is 11.6. The zero-order valence-corrected chi connectivity index (χ0v) is 31.7. The van der Waals surface area contributed by atoms with E-state index in [9.17, 15) is 9.59 Å². The van der Waals surface area contributed by atoms with E-state index in [-0.39, 0.29) is 0 Å². The average Bonchev–Trinajstić information content (AvgIpc) is 3.24. The summed E-state index contributed by atoms with van der Waals surface area (Å²) in [6.07, 6.45) is 6.80. The lowest BCUT2D eigenvalue weighted by Gasteiger charge is -2.21. The van der Waals surface area contributed by atoms with Crippen molar-refractivity contribution in [2.45, 2.75) is 27.7 Å². The number of benzene rings is 4. The Morgan fingerprint density at radius 3 is 1.39 bits per heavy atom. The van der Waals surface area contributed by atoms with Gasteiger partial charge in [0.25, 0.3) is 0 Å². The molecule has 4 aromatic carbocycles. The van der Waals surface area contributed by atoms with Crippen LogP contribution in [0, 0.1) is 0 Å². The van der Waals surface area contributed by atoms with Crippen LogP contribution in [0.2, 0.25) is 0 Å². The van der Waals surface area contributed by atoms with Crippen LogP contribution in [0.15, 0.2) is 140 Å². The molecule has 0 unspecified atom stereocenters. The van der Waals surface area contributed by atoms with Gasteiger partial charge in [0.1, 0.15) is 11.2 Å². The van der Waals surface area contributed by atoms with E-state index >= 15 is 0 Å². The highest BCUT2D eigenvalue weighted by molar-refractivity contribution is 5.86. The van der Waals surface area contributed by atoms with Crippen molar-refractivity contribution in [3.8, 4) is 56.2 Å². The van der Waals surface area contributed by atoms with Crippen molar-refractivity contribution in [2.75, 3.05) is 36.0 Å². The number of hydrogen-bond acceptors (Lipinski definition) is 10. The van der Waals surface area contributed by atoms with Gasteiger partial charge in [-0.15, -0.1) is 0 Å². The van der Waals surface area contributed by atoms with Crippen LogP contribution >= 0.6 is 0 Å². The van der Waals surface area contributed by atoms with Crippen LogP contribution in [0.4, 0.5) is 11.4 Å². The zero-order chi connectivity index (χ0) is 38.8. The molecule has 4 aromatic heterocycles. The molecule has 56 heavy (non-hydrogen) atoms. The summed E-state index contributed by atoms with van der Waals surface area (Å²) >= 11 is 0. The molecule has 0 amide bonds. The molecule has 4 heterocycles. The molecule has 0 fully saturated rings. The average molecular weight is 741 g/mol. The fourth-order valence-corrected chi connectivity index (χ4v) is 7.08. The molecular weight excluding hydrogens is 701 g/mol. The molecule has 278 valence electrons. The van der Waals surface area contributed by atoms with Gasteiger partial charge < -0.3 is 18.6 Å². The third-order valence-electron chi connectivity index (χ3n) is 10.2. The molecule has 0 saturated heterocycles. The lowest BCUT2D eigenvalue weighted by molar-refractivity contribution is 0.563. The summed E-state index contributed by atoms with van der Waals surface area (Å²) in [4.78, 5) is 49.3. The summed E-state index contributed by atoms with van der Waals surface area (Å²) in [6, 6.07) is 30.9. The minimum Gasteiger partial charge on any atom is -0.422 e. The molecule has 0 aliphatic carbocycles. The highest BCUT2D eigenvalue weighted by atomic mass is 16.4. The van der Waals surface area contributed by atoms with Gasteiger partial charge in [0, 0.05) is 89.5 Å². The van der Waals surface area contributed by atoms with E-state index in [1.165, 1.54) is 0 Å². The molecular formula is C46H40N6O4. The minimum absolute atomic E-state index is 0.396. The quantitative estimate of drug-likeness (QED) is 0.119. The van der Waals surface area contributed by atoms with Gasteiger partial charge in [-0.2, -0.15) is 0 Å². The highest BCUT2D eigenvalue weighted by Gasteiger charge is 2.14. The summed E-state index contributed by atoms with van der Waals surface area (Å²) in [6.45, 7) is 11.9. The van der Waals surface area contributed by atoms with Gasteiger partial charge in [-0.3, -0.25) is 9.97 Å². The molecule has 0 bridgehead atoms. The van der Waals surface area contributed by atoms with E-state index in [1.54, 1.807) is 24.8 Å². The summed E-state index contributed by atoms with van der Waals surface area (Å²) in [7, 11) is 0. The van der Waals surface area contributed by atoms with E-state index < -0.39 is 11.3 Å². The second kappa shape index (κ2) is 15.4. The Morgan fingerprint density at radius 1 is 0.464 bits per heavy atom. The van der Waals surface area contributed by atoms with Crippen molar-refractivity contribution in [1.82, 2.24) is 19.9 Å². The van der Waals surface area contributed by atoms with E-state index in [0.29, 0.717) is 45.1 Å². The Kier molecular flexibility index (Phi) is 9.93. The minimum atomic E-state index is -0.403. The SMILES string of the molecule is CCN(CC)c1ccc2cc(-c3cccc(-c4cnc(-c5cnc(-c6cccc(-c7cc8ccc(N(CC)CC)cc8oc7=O)c6)nc5)cn4)c3)c(=O)oc2c1. The predicted octanol–water partition coefficient (Wildman–Crippen LogP) is 9.51. The van der Waals surface area contributed by atoms with Crippen molar-refractivity contribution in [3.63, 3.8) is 0 Å². The Labute approximate surface area is 323 Å². The first-order valence-corrected chi connectivity index (χ1v) is 18.9. The normalized spacial score (nSPS) is 11.3. The molecule has 8 rings (SSSR count). The van der Waals surface area contributed by atoms with Crippen molar-refractivity contribution >= 4 is 33.3 Å². The molecule has 0 saturated carbocycles. The van der Waals surface area contributed by atoms with Gasteiger partial charge in [-0.25, -0.2) is 19.6 Å². The topological polar surface area (TPSA) is 118 Å². The maximum atomic E-state index is 13.2. The van der Waals surface area contributed by atoms with Crippen molar-refractivity contribution < 1.29 is 8.83 Å². The maximum absolute atomic E-state index is 13.2. The van der Waals surface area contributed by atoms with Crippen molar-refractivity contribution in [1.29, 1.82) is 0 Å². The predicted molar refractivity (Wildman–Crippen MR) is 224 cm³/mol. The zero-order valence-electron chi connectivity index (χ0n) is 31.7. The second-order valence-corrected chi connectivity index (χ2v) is 13.4. The first-order chi connectivity index (χ1) is 27.3. The number of hydrogen-bond donors (Lipinski definition) is 0. The molecule has 10 heteroatoms. The van der Waals surface area contributed by atoms with Crippen LogP contribution in [-0.2, 0) is 0 Å². The Morgan fingerprint density at radius 2 is 0.911 bits per heavy atom. The molecule has 8 aromatic rings. The Bertz CT molecular complexity index is 2610. The van der Waals surface area contributed by atoms with Gasteiger partial charge in [-0.05, 0) is 87.4 Å². The summed E-state index contributed by atoms with van der Waals surface area (Å²) in [5.41, 5.74) is 8.31. The smallest absolute Gasteiger partial charge is 0.344 e. The lowest BCUT2D eigenvalue weighted by Crippen LogP contribution is -2.21.